The molecule has 3 aromatic rings. The SMILES string of the molecule is Cc1cccc(C[C@H]2CCCCC/C=C\[C@H]3C[C@@]3(C(=O)NS(=O)(=O)C3(C)CC3)CC(=O)[C@@H]3C[C@@H](Oc4nccc5ccccc45)CN3C2=O)c1. The molecule has 5 atom stereocenters. The number of carbonyl (C=O) groups excluding carboxylic acids is 3. The highest BCUT2D eigenvalue weighted by atomic mass is 32.2. The number of sulfonamides is 1. The lowest BCUT2D eigenvalue weighted by Gasteiger charge is -2.29. The average molecular weight is 698 g/mol. The number of benzene rings is 2. The molecular formula is C40H47N3O6S. The fourth-order valence-corrected chi connectivity index (χ4v) is 9.22. The minimum atomic E-state index is -3.88. The van der Waals surface area contributed by atoms with E-state index in [1.807, 2.05) is 55.5 Å². The number of carbonyl (C=O) groups is 3. The molecule has 2 aliphatic heterocycles. The van der Waals surface area contributed by atoms with E-state index in [1.165, 1.54) is 0 Å². The van der Waals surface area contributed by atoms with E-state index in [4.69, 9.17) is 4.74 Å². The van der Waals surface area contributed by atoms with Gasteiger partial charge in [-0.3, -0.25) is 19.1 Å². The number of fused-ring (bicyclic) bond motifs is 3. The van der Waals surface area contributed by atoms with E-state index in [0.29, 0.717) is 38.0 Å². The lowest BCUT2D eigenvalue weighted by atomic mass is 9.89. The van der Waals surface area contributed by atoms with Crippen molar-refractivity contribution in [1.29, 1.82) is 0 Å². The molecule has 3 heterocycles. The molecule has 0 spiro atoms. The molecule has 2 amide bonds. The molecule has 0 unspecified atom stereocenters. The molecule has 9 nitrogen and oxygen atoms in total. The third-order valence-corrected chi connectivity index (χ3v) is 13.6. The molecule has 264 valence electrons. The number of aromatic nitrogens is 1. The summed E-state index contributed by atoms with van der Waals surface area (Å²) >= 11 is 0. The number of allylic oxidation sites excluding steroid dienone is 2. The van der Waals surface area contributed by atoms with Gasteiger partial charge in [-0.05, 0) is 87.8 Å². The van der Waals surface area contributed by atoms with Gasteiger partial charge in [-0.25, -0.2) is 13.4 Å². The van der Waals surface area contributed by atoms with Crippen LogP contribution in [0, 0.1) is 24.2 Å². The summed E-state index contributed by atoms with van der Waals surface area (Å²) in [5, 5.41) is 1.83. The number of pyridine rings is 1. The molecular weight excluding hydrogens is 651 g/mol. The Labute approximate surface area is 294 Å². The zero-order chi connectivity index (χ0) is 35.1. The largest absolute Gasteiger partial charge is 0.472 e. The van der Waals surface area contributed by atoms with Crippen LogP contribution in [-0.2, 0) is 30.8 Å². The van der Waals surface area contributed by atoms with Gasteiger partial charge in [0, 0.05) is 30.3 Å². The van der Waals surface area contributed by atoms with E-state index in [2.05, 4.69) is 27.9 Å². The summed E-state index contributed by atoms with van der Waals surface area (Å²) in [5.74, 6) is -1.04. The van der Waals surface area contributed by atoms with Crippen LogP contribution in [0.2, 0.25) is 0 Å². The first-order chi connectivity index (χ1) is 24.0. The molecule has 1 N–H and O–H groups in total. The maximum absolute atomic E-state index is 14.7. The fourth-order valence-electron chi connectivity index (χ4n) is 7.89. The molecule has 3 fully saturated rings. The Morgan fingerprint density at radius 3 is 2.68 bits per heavy atom. The van der Waals surface area contributed by atoms with Gasteiger partial charge in [-0.2, -0.15) is 0 Å². The number of amides is 2. The molecule has 10 heteroatoms. The third-order valence-electron chi connectivity index (χ3n) is 11.4. The number of nitrogens with one attached hydrogen (secondary N) is 1. The Bertz CT molecular complexity index is 1930. The van der Waals surface area contributed by atoms with Gasteiger partial charge in [0.1, 0.15) is 6.10 Å². The van der Waals surface area contributed by atoms with Crippen LogP contribution in [0.4, 0.5) is 0 Å². The topological polar surface area (TPSA) is 123 Å². The van der Waals surface area contributed by atoms with Gasteiger partial charge in [0.25, 0.3) is 0 Å². The molecule has 0 bridgehead atoms. The molecule has 7 rings (SSSR count). The Kier molecular flexibility index (Phi) is 9.35. The highest BCUT2D eigenvalue weighted by molar-refractivity contribution is 7.91. The predicted molar refractivity (Wildman–Crippen MR) is 192 cm³/mol. The molecule has 2 aliphatic carbocycles. The standard InChI is InChI=1S/C40H47N3O6S/c1-27-11-10-12-28(21-27)22-30-14-6-4-3-5-7-15-31-24-40(31,38(46)42-50(47,48)39(2)18-19-39)25-35(44)34-23-32(26-43(34)37(30)45)49-36-33-16-9-8-13-29(33)17-20-41-36/h7-13,15-17,20-21,30-32,34H,3-6,14,18-19,22-26H2,1-2H3,(H,42,46)/b15-7-/t30-,31+,32-,34+,40-/m1/s1. The minimum Gasteiger partial charge on any atom is -0.472 e. The van der Waals surface area contributed by atoms with E-state index < -0.39 is 38.2 Å². The normalized spacial score (nSPS) is 28.9. The Hall–Kier alpha value is -4.05. The number of nitrogens with zero attached hydrogens (tertiary/aromatic N) is 2. The zero-order valence-corrected chi connectivity index (χ0v) is 29.8. The predicted octanol–water partition coefficient (Wildman–Crippen LogP) is 6.23. The van der Waals surface area contributed by atoms with Crippen molar-refractivity contribution in [2.75, 3.05) is 6.54 Å². The molecule has 2 saturated carbocycles. The van der Waals surface area contributed by atoms with Crippen LogP contribution in [0.3, 0.4) is 0 Å². The number of hydrogen-bond donors (Lipinski definition) is 1. The van der Waals surface area contributed by atoms with E-state index in [9.17, 15) is 22.8 Å². The summed E-state index contributed by atoms with van der Waals surface area (Å²) < 4.78 is 34.2. The summed E-state index contributed by atoms with van der Waals surface area (Å²) in [6.07, 6.45) is 11.7. The van der Waals surface area contributed by atoms with Crippen LogP contribution in [0.5, 0.6) is 5.88 Å². The lowest BCUT2D eigenvalue weighted by Crippen LogP contribution is -2.47. The van der Waals surface area contributed by atoms with Gasteiger partial charge in [-0.15, -0.1) is 0 Å². The van der Waals surface area contributed by atoms with E-state index >= 15 is 0 Å². The number of aryl methyl sites for hydroxylation is 1. The number of rotatable bonds is 7. The van der Waals surface area contributed by atoms with Crippen molar-refractivity contribution >= 4 is 38.4 Å². The Morgan fingerprint density at radius 1 is 1.06 bits per heavy atom. The Balaban J connectivity index is 1.20. The average Bonchev–Trinajstić information content (AvgIpc) is 3.97. The van der Waals surface area contributed by atoms with Crippen molar-refractivity contribution in [1.82, 2.24) is 14.6 Å². The smallest absolute Gasteiger partial charge is 0.240 e. The van der Waals surface area contributed by atoms with Gasteiger partial charge in [0.2, 0.25) is 27.7 Å². The van der Waals surface area contributed by atoms with E-state index in [-0.39, 0.29) is 42.9 Å². The summed E-state index contributed by atoms with van der Waals surface area (Å²) in [4.78, 5) is 49.2. The number of Topliss-reactive ketones (excluding diaryl/α,β-unsaturated/α-hetero) is 1. The highest BCUT2D eigenvalue weighted by Gasteiger charge is 2.62. The number of hydrogen-bond acceptors (Lipinski definition) is 7. The molecule has 1 saturated heterocycles. The van der Waals surface area contributed by atoms with Gasteiger partial charge in [0.05, 0.1) is 22.7 Å². The van der Waals surface area contributed by atoms with Gasteiger partial charge in [-0.1, -0.05) is 73.0 Å². The first-order valence-electron chi connectivity index (χ1n) is 18.1. The zero-order valence-electron chi connectivity index (χ0n) is 29.0. The van der Waals surface area contributed by atoms with Crippen LogP contribution >= 0.6 is 0 Å². The van der Waals surface area contributed by atoms with Crippen molar-refractivity contribution in [2.24, 2.45) is 17.3 Å². The summed E-state index contributed by atoms with van der Waals surface area (Å²) in [6.45, 7) is 3.91. The monoisotopic (exact) mass is 697 g/mol. The van der Waals surface area contributed by atoms with Crippen molar-refractivity contribution in [3.05, 3.63) is 84.1 Å². The molecule has 2 aromatic carbocycles. The highest BCUT2D eigenvalue weighted by Crippen LogP contribution is 2.57. The van der Waals surface area contributed by atoms with Crippen molar-refractivity contribution in [2.45, 2.75) is 101 Å². The van der Waals surface area contributed by atoms with Gasteiger partial charge >= 0.3 is 0 Å². The number of ether oxygens (including phenoxy) is 1. The van der Waals surface area contributed by atoms with Crippen LogP contribution in [0.25, 0.3) is 10.8 Å². The van der Waals surface area contributed by atoms with Crippen LogP contribution in [0.1, 0.15) is 82.3 Å². The van der Waals surface area contributed by atoms with Crippen LogP contribution in [-0.4, -0.2) is 59.3 Å². The van der Waals surface area contributed by atoms with Crippen molar-refractivity contribution in [3.8, 4) is 5.88 Å². The quantitative estimate of drug-likeness (QED) is 0.290. The van der Waals surface area contributed by atoms with Crippen molar-refractivity contribution < 1.29 is 27.5 Å². The molecule has 1 aromatic heterocycles. The Morgan fingerprint density at radius 2 is 1.88 bits per heavy atom. The first-order valence-corrected chi connectivity index (χ1v) is 19.6. The second-order valence-electron chi connectivity index (χ2n) is 15.3. The van der Waals surface area contributed by atoms with E-state index in [1.54, 1.807) is 18.0 Å². The molecule has 4 aliphatic rings. The molecule has 50 heavy (non-hydrogen) atoms. The van der Waals surface area contributed by atoms with E-state index in [0.717, 1.165) is 47.6 Å². The second kappa shape index (κ2) is 13.6. The van der Waals surface area contributed by atoms with Crippen molar-refractivity contribution in [3.63, 3.8) is 0 Å². The van der Waals surface area contributed by atoms with Gasteiger partial charge in [0.15, 0.2) is 5.78 Å². The first kappa shape index (κ1) is 34.4. The molecule has 0 radical (unpaired) electrons. The van der Waals surface area contributed by atoms with Crippen LogP contribution < -0.4 is 9.46 Å². The lowest BCUT2D eigenvalue weighted by molar-refractivity contribution is -0.142. The summed E-state index contributed by atoms with van der Waals surface area (Å²) in [6, 6.07) is 17.1. The maximum Gasteiger partial charge on any atom is 0.240 e. The second-order valence-corrected chi connectivity index (χ2v) is 17.5. The maximum atomic E-state index is 14.7. The third kappa shape index (κ3) is 6.96. The summed E-state index contributed by atoms with van der Waals surface area (Å²) in [5.41, 5.74) is 1.04. The van der Waals surface area contributed by atoms with Crippen LogP contribution in [0.15, 0.2) is 72.9 Å². The summed E-state index contributed by atoms with van der Waals surface area (Å²) in [7, 11) is -3.88. The van der Waals surface area contributed by atoms with Gasteiger partial charge < -0.3 is 9.64 Å². The fraction of sp³-hybridized carbons (Fsp3) is 0.500. The minimum absolute atomic E-state index is 0.0788. The number of ketones is 1.